The van der Waals surface area contributed by atoms with Crippen LogP contribution in [0, 0.1) is 29.6 Å². The Kier molecular flexibility index (Phi) is 10.5. The third kappa shape index (κ3) is 7.89. The maximum atomic E-state index is 11.1. The monoisotopic (exact) mass is 478 g/mol. The van der Waals surface area contributed by atoms with E-state index in [2.05, 4.69) is 21.3 Å². The van der Waals surface area contributed by atoms with Crippen LogP contribution in [0.15, 0.2) is 0 Å². The SMILES string of the molecule is COC1CCC(C2CNC(NC3CCC(CCNCC4CCC(C(=O)O)CC4)CC3)NC2)CC1. The van der Waals surface area contributed by atoms with E-state index in [0.29, 0.717) is 18.1 Å². The van der Waals surface area contributed by atoms with E-state index in [4.69, 9.17) is 9.84 Å². The van der Waals surface area contributed by atoms with Crippen LogP contribution in [0.25, 0.3) is 0 Å². The van der Waals surface area contributed by atoms with Crippen molar-refractivity contribution >= 4 is 5.97 Å². The summed E-state index contributed by atoms with van der Waals surface area (Å²) in [5, 5.41) is 24.1. The third-order valence-electron chi connectivity index (χ3n) is 9.49. The van der Waals surface area contributed by atoms with E-state index in [0.717, 1.165) is 69.6 Å². The Morgan fingerprint density at radius 2 is 1.50 bits per heavy atom. The van der Waals surface area contributed by atoms with Crippen LogP contribution in [0.2, 0.25) is 0 Å². The summed E-state index contributed by atoms with van der Waals surface area (Å²) in [5.74, 6) is 2.43. The van der Waals surface area contributed by atoms with Crippen LogP contribution < -0.4 is 21.3 Å². The molecule has 0 aromatic rings. The van der Waals surface area contributed by atoms with E-state index in [1.54, 1.807) is 0 Å². The Morgan fingerprint density at radius 3 is 2.12 bits per heavy atom. The minimum absolute atomic E-state index is 0.0958. The number of hydrogen-bond donors (Lipinski definition) is 5. The Balaban J connectivity index is 1.02. The molecule has 196 valence electrons. The van der Waals surface area contributed by atoms with Crippen molar-refractivity contribution in [1.82, 2.24) is 21.3 Å². The van der Waals surface area contributed by atoms with Crippen LogP contribution in [0.3, 0.4) is 0 Å². The van der Waals surface area contributed by atoms with Gasteiger partial charge in [-0.15, -0.1) is 0 Å². The number of aliphatic carboxylic acids is 1. The maximum Gasteiger partial charge on any atom is 0.306 e. The highest BCUT2D eigenvalue weighted by Crippen LogP contribution is 2.32. The van der Waals surface area contributed by atoms with Crippen molar-refractivity contribution in [3.63, 3.8) is 0 Å². The van der Waals surface area contributed by atoms with E-state index in [-0.39, 0.29) is 12.2 Å². The summed E-state index contributed by atoms with van der Waals surface area (Å²) in [7, 11) is 1.86. The van der Waals surface area contributed by atoms with Crippen LogP contribution in [0.5, 0.6) is 0 Å². The molecule has 0 aromatic heterocycles. The van der Waals surface area contributed by atoms with Crippen molar-refractivity contribution in [2.24, 2.45) is 29.6 Å². The number of hydrogen-bond acceptors (Lipinski definition) is 6. The van der Waals surface area contributed by atoms with E-state index < -0.39 is 5.97 Å². The molecule has 7 nitrogen and oxygen atoms in total. The van der Waals surface area contributed by atoms with Gasteiger partial charge in [0, 0.05) is 26.2 Å². The molecule has 0 spiro atoms. The van der Waals surface area contributed by atoms with Crippen LogP contribution >= 0.6 is 0 Å². The third-order valence-corrected chi connectivity index (χ3v) is 9.49. The summed E-state index contributed by atoms with van der Waals surface area (Å²) in [4.78, 5) is 11.1. The van der Waals surface area contributed by atoms with Gasteiger partial charge in [0.15, 0.2) is 0 Å². The number of nitrogens with one attached hydrogen (secondary N) is 4. The number of rotatable bonds is 10. The van der Waals surface area contributed by atoms with Crippen LogP contribution in [-0.4, -0.2) is 62.8 Å². The summed E-state index contributed by atoms with van der Waals surface area (Å²) in [6, 6.07) is 0.632. The number of ether oxygens (including phenoxy) is 1. The van der Waals surface area contributed by atoms with Crippen molar-refractivity contribution < 1.29 is 14.6 Å². The molecular formula is C27H50N4O3. The molecule has 1 heterocycles. The van der Waals surface area contributed by atoms with Crippen LogP contribution in [0.4, 0.5) is 0 Å². The fraction of sp³-hybridized carbons (Fsp3) is 0.963. The predicted molar refractivity (Wildman–Crippen MR) is 135 cm³/mol. The maximum absolute atomic E-state index is 11.1. The molecule has 3 aliphatic carbocycles. The fourth-order valence-corrected chi connectivity index (χ4v) is 7.01. The predicted octanol–water partition coefficient (Wildman–Crippen LogP) is 3.30. The Labute approximate surface area is 206 Å². The molecule has 0 bridgehead atoms. The number of carboxylic acid groups (broad SMARTS) is 1. The Hall–Kier alpha value is -0.730. The first-order chi connectivity index (χ1) is 16.6. The summed E-state index contributed by atoms with van der Waals surface area (Å²) in [6.07, 6.45) is 16.2. The molecule has 0 unspecified atom stereocenters. The highest BCUT2D eigenvalue weighted by atomic mass is 16.5. The molecule has 3 saturated carbocycles. The molecule has 4 rings (SSSR count). The quantitative estimate of drug-likeness (QED) is 0.308. The zero-order valence-corrected chi connectivity index (χ0v) is 21.4. The number of methoxy groups -OCH3 is 1. The average molecular weight is 479 g/mol. The highest BCUT2D eigenvalue weighted by molar-refractivity contribution is 5.69. The zero-order chi connectivity index (χ0) is 23.8. The van der Waals surface area contributed by atoms with Crippen LogP contribution in [0.1, 0.15) is 83.5 Å². The smallest absolute Gasteiger partial charge is 0.306 e. The largest absolute Gasteiger partial charge is 0.481 e. The molecule has 4 aliphatic rings. The summed E-state index contributed by atoms with van der Waals surface area (Å²) in [6.45, 7) is 4.44. The highest BCUT2D eigenvalue weighted by Gasteiger charge is 2.32. The zero-order valence-electron chi connectivity index (χ0n) is 21.4. The Morgan fingerprint density at radius 1 is 0.853 bits per heavy atom. The second-order valence-corrected chi connectivity index (χ2v) is 11.7. The van der Waals surface area contributed by atoms with Gasteiger partial charge in [-0.05, 0) is 120 Å². The normalized spacial score (nSPS) is 39.6. The molecule has 0 radical (unpaired) electrons. The van der Waals surface area contributed by atoms with Gasteiger partial charge < -0.3 is 15.2 Å². The summed E-state index contributed by atoms with van der Waals surface area (Å²) >= 11 is 0. The first kappa shape index (κ1) is 26.3. The minimum atomic E-state index is -0.601. The van der Waals surface area contributed by atoms with Gasteiger partial charge in [-0.1, -0.05) is 0 Å². The fourth-order valence-electron chi connectivity index (χ4n) is 7.01. The number of carbonyl (C=O) groups is 1. The molecule has 34 heavy (non-hydrogen) atoms. The van der Waals surface area contributed by atoms with Gasteiger partial charge in [0.05, 0.1) is 12.0 Å². The van der Waals surface area contributed by atoms with E-state index in [9.17, 15) is 4.79 Å². The molecule has 1 aliphatic heterocycles. The average Bonchev–Trinajstić information content (AvgIpc) is 2.88. The first-order valence-electron chi connectivity index (χ1n) is 14.3. The van der Waals surface area contributed by atoms with E-state index in [1.807, 2.05) is 7.11 Å². The van der Waals surface area contributed by atoms with Gasteiger partial charge in [0.25, 0.3) is 0 Å². The van der Waals surface area contributed by atoms with Crippen molar-refractivity contribution in [2.75, 3.05) is 33.3 Å². The van der Waals surface area contributed by atoms with E-state index >= 15 is 0 Å². The molecule has 4 fully saturated rings. The van der Waals surface area contributed by atoms with Crippen molar-refractivity contribution in [3.8, 4) is 0 Å². The lowest BCUT2D eigenvalue weighted by Gasteiger charge is -2.40. The Bertz CT molecular complexity index is 589. The van der Waals surface area contributed by atoms with Crippen molar-refractivity contribution in [2.45, 2.75) is 102 Å². The van der Waals surface area contributed by atoms with Crippen molar-refractivity contribution in [3.05, 3.63) is 0 Å². The van der Waals surface area contributed by atoms with Gasteiger partial charge in [0.2, 0.25) is 0 Å². The molecule has 0 atom stereocenters. The molecule has 0 aromatic carbocycles. The number of carboxylic acids is 1. The first-order valence-corrected chi connectivity index (χ1v) is 14.3. The van der Waals surface area contributed by atoms with Gasteiger partial charge in [0.1, 0.15) is 6.29 Å². The minimum Gasteiger partial charge on any atom is -0.481 e. The summed E-state index contributed by atoms with van der Waals surface area (Å²) in [5.41, 5.74) is 0. The lowest BCUT2D eigenvalue weighted by Crippen LogP contribution is -2.63. The molecular weight excluding hydrogens is 428 g/mol. The lowest BCUT2D eigenvalue weighted by atomic mass is 9.78. The van der Waals surface area contributed by atoms with Crippen LogP contribution in [-0.2, 0) is 9.53 Å². The topological polar surface area (TPSA) is 94.7 Å². The summed E-state index contributed by atoms with van der Waals surface area (Å²) < 4.78 is 5.54. The molecule has 7 heteroatoms. The van der Waals surface area contributed by atoms with Gasteiger partial charge >= 0.3 is 5.97 Å². The lowest BCUT2D eigenvalue weighted by molar-refractivity contribution is -0.143. The standard InChI is InChI=1S/C27H50N4O3/c1-34-25-12-8-21(9-13-25)23-17-29-27(30-18-23)31-24-10-4-19(5-11-24)14-15-28-16-20-2-6-22(7-3-20)26(32)33/h19-25,27-31H,2-18H2,1H3,(H,32,33). The molecule has 1 saturated heterocycles. The molecule has 5 N–H and O–H groups in total. The van der Waals surface area contributed by atoms with Crippen molar-refractivity contribution in [1.29, 1.82) is 0 Å². The van der Waals surface area contributed by atoms with E-state index in [1.165, 1.54) is 57.8 Å². The van der Waals surface area contributed by atoms with Gasteiger partial charge in [-0.3, -0.25) is 20.7 Å². The second-order valence-electron chi connectivity index (χ2n) is 11.7. The van der Waals surface area contributed by atoms with Gasteiger partial charge in [-0.2, -0.15) is 0 Å². The van der Waals surface area contributed by atoms with Gasteiger partial charge in [-0.25, -0.2) is 0 Å². The second kappa shape index (κ2) is 13.5. The molecule has 0 amide bonds.